The van der Waals surface area contributed by atoms with Gasteiger partial charge in [-0.1, -0.05) is 6.92 Å². The zero-order chi connectivity index (χ0) is 14.5. The SMILES string of the molecule is CCCN(C(=O)c1ccc(O)cc1F)C1CCCNC1. The zero-order valence-corrected chi connectivity index (χ0v) is 11.7. The van der Waals surface area contributed by atoms with Gasteiger partial charge in [0.15, 0.2) is 0 Å². The van der Waals surface area contributed by atoms with Gasteiger partial charge in [0.05, 0.1) is 5.56 Å². The van der Waals surface area contributed by atoms with Gasteiger partial charge in [0.2, 0.25) is 0 Å². The lowest BCUT2D eigenvalue weighted by atomic mass is 10.0. The molecule has 1 fully saturated rings. The van der Waals surface area contributed by atoms with Crippen LogP contribution < -0.4 is 5.32 Å². The van der Waals surface area contributed by atoms with Gasteiger partial charge in [-0.2, -0.15) is 0 Å². The van der Waals surface area contributed by atoms with E-state index in [1.54, 1.807) is 4.90 Å². The predicted octanol–water partition coefficient (Wildman–Crippen LogP) is 2.14. The van der Waals surface area contributed by atoms with E-state index in [0.29, 0.717) is 6.54 Å². The second kappa shape index (κ2) is 6.70. The van der Waals surface area contributed by atoms with E-state index in [9.17, 15) is 14.3 Å². The minimum atomic E-state index is -0.667. The summed E-state index contributed by atoms with van der Waals surface area (Å²) in [5, 5.41) is 12.5. The Morgan fingerprint density at radius 3 is 2.95 bits per heavy atom. The van der Waals surface area contributed by atoms with Crippen LogP contribution in [-0.2, 0) is 0 Å². The maximum absolute atomic E-state index is 13.8. The van der Waals surface area contributed by atoms with Crippen LogP contribution in [0.3, 0.4) is 0 Å². The molecule has 0 spiro atoms. The summed E-state index contributed by atoms with van der Waals surface area (Å²) >= 11 is 0. The van der Waals surface area contributed by atoms with Gasteiger partial charge in [-0.25, -0.2) is 4.39 Å². The number of aromatic hydroxyl groups is 1. The van der Waals surface area contributed by atoms with E-state index in [1.165, 1.54) is 12.1 Å². The standard InChI is InChI=1S/C15H21FN2O2/c1-2-8-18(11-4-3-7-17-10-11)15(20)13-6-5-12(19)9-14(13)16/h5-6,9,11,17,19H,2-4,7-8,10H2,1H3. The molecule has 1 aliphatic rings. The minimum Gasteiger partial charge on any atom is -0.508 e. The van der Waals surface area contributed by atoms with Crippen molar-refractivity contribution < 1.29 is 14.3 Å². The molecule has 1 amide bonds. The van der Waals surface area contributed by atoms with E-state index < -0.39 is 5.82 Å². The Balaban J connectivity index is 2.21. The molecule has 20 heavy (non-hydrogen) atoms. The van der Waals surface area contributed by atoms with Crippen molar-refractivity contribution in [3.8, 4) is 5.75 Å². The maximum Gasteiger partial charge on any atom is 0.257 e. The van der Waals surface area contributed by atoms with Crippen molar-refractivity contribution in [2.45, 2.75) is 32.2 Å². The molecule has 1 aromatic rings. The highest BCUT2D eigenvalue weighted by Crippen LogP contribution is 2.20. The third-order valence-corrected chi connectivity index (χ3v) is 3.62. The van der Waals surface area contributed by atoms with Gasteiger partial charge >= 0.3 is 0 Å². The van der Waals surface area contributed by atoms with Crippen molar-refractivity contribution in [1.29, 1.82) is 0 Å². The fourth-order valence-corrected chi connectivity index (χ4v) is 2.62. The highest BCUT2D eigenvalue weighted by Gasteiger charge is 2.27. The van der Waals surface area contributed by atoms with Gasteiger partial charge in [-0.05, 0) is 37.9 Å². The third-order valence-electron chi connectivity index (χ3n) is 3.62. The van der Waals surface area contributed by atoms with Crippen LogP contribution in [0.25, 0.3) is 0 Å². The maximum atomic E-state index is 13.8. The Bertz CT molecular complexity index is 473. The smallest absolute Gasteiger partial charge is 0.257 e. The lowest BCUT2D eigenvalue weighted by molar-refractivity contribution is 0.0644. The van der Waals surface area contributed by atoms with Crippen molar-refractivity contribution in [2.75, 3.05) is 19.6 Å². The third kappa shape index (κ3) is 3.28. The van der Waals surface area contributed by atoms with Crippen molar-refractivity contribution in [3.05, 3.63) is 29.6 Å². The molecular formula is C15H21FN2O2. The highest BCUT2D eigenvalue weighted by atomic mass is 19.1. The van der Waals surface area contributed by atoms with E-state index >= 15 is 0 Å². The van der Waals surface area contributed by atoms with Crippen LogP contribution >= 0.6 is 0 Å². The molecule has 0 radical (unpaired) electrons. The van der Waals surface area contributed by atoms with Crippen LogP contribution in [0.4, 0.5) is 4.39 Å². The number of hydrogen-bond acceptors (Lipinski definition) is 3. The number of rotatable bonds is 4. The number of benzene rings is 1. The monoisotopic (exact) mass is 280 g/mol. The fourth-order valence-electron chi connectivity index (χ4n) is 2.62. The number of nitrogens with one attached hydrogen (secondary N) is 1. The summed E-state index contributed by atoms with van der Waals surface area (Å²) in [4.78, 5) is 14.3. The van der Waals surface area contributed by atoms with E-state index in [1.807, 2.05) is 6.92 Å². The largest absolute Gasteiger partial charge is 0.508 e. The van der Waals surface area contributed by atoms with Crippen LogP contribution in [0.5, 0.6) is 5.75 Å². The first-order valence-electron chi connectivity index (χ1n) is 7.13. The highest BCUT2D eigenvalue weighted by molar-refractivity contribution is 5.94. The molecule has 0 aliphatic carbocycles. The number of nitrogens with zero attached hydrogens (tertiary/aromatic N) is 1. The summed E-state index contributed by atoms with van der Waals surface area (Å²) in [5.41, 5.74) is 0.0295. The molecular weight excluding hydrogens is 259 g/mol. The van der Waals surface area contributed by atoms with Crippen molar-refractivity contribution in [2.24, 2.45) is 0 Å². The van der Waals surface area contributed by atoms with E-state index in [-0.39, 0.29) is 23.3 Å². The normalized spacial score (nSPS) is 18.8. The van der Waals surface area contributed by atoms with Gasteiger partial charge in [0.1, 0.15) is 11.6 Å². The van der Waals surface area contributed by atoms with Crippen LogP contribution in [0.2, 0.25) is 0 Å². The molecule has 0 aromatic heterocycles. The Hall–Kier alpha value is -1.62. The number of hydrogen-bond donors (Lipinski definition) is 2. The lowest BCUT2D eigenvalue weighted by Gasteiger charge is -2.34. The molecule has 2 N–H and O–H groups in total. The Morgan fingerprint density at radius 1 is 1.55 bits per heavy atom. The molecule has 110 valence electrons. The number of phenolic OH excluding ortho intramolecular Hbond substituents is 1. The number of carbonyl (C=O) groups excluding carboxylic acids is 1. The summed E-state index contributed by atoms with van der Waals surface area (Å²) in [6.45, 7) is 4.35. The average molecular weight is 280 g/mol. The molecule has 1 aromatic carbocycles. The molecule has 0 saturated carbocycles. The number of carbonyl (C=O) groups is 1. The lowest BCUT2D eigenvalue weighted by Crippen LogP contribution is -2.49. The summed E-state index contributed by atoms with van der Waals surface area (Å²) in [7, 11) is 0. The molecule has 1 unspecified atom stereocenters. The molecule has 0 bridgehead atoms. The molecule has 4 nitrogen and oxygen atoms in total. The van der Waals surface area contributed by atoms with Crippen molar-refractivity contribution in [3.63, 3.8) is 0 Å². The van der Waals surface area contributed by atoms with Gasteiger partial charge in [-0.15, -0.1) is 0 Å². The topological polar surface area (TPSA) is 52.6 Å². The van der Waals surface area contributed by atoms with Gasteiger partial charge in [-0.3, -0.25) is 4.79 Å². The van der Waals surface area contributed by atoms with Gasteiger partial charge in [0, 0.05) is 25.2 Å². The Labute approximate surface area is 118 Å². The number of halogens is 1. The first-order chi connectivity index (χ1) is 9.63. The molecule has 1 saturated heterocycles. The Morgan fingerprint density at radius 2 is 2.35 bits per heavy atom. The fraction of sp³-hybridized carbons (Fsp3) is 0.533. The summed E-state index contributed by atoms with van der Waals surface area (Å²) in [6, 6.07) is 3.80. The van der Waals surface area contributed by atoms with Crippen LogP contribution in [0.1, 0.15) is 36.5 Å². The predicted molar refractivity (Wildman–Crippen MR) is 75.3 cm³/mol. The first kappa shape index (κ1) is 14.8. The molecule has 1 atom stereocenters. The number of phenols is 1. The van der Waals surface area contributed by atoms with Crippen LogP contribution in [0, 0.1) is 5.82 Å². The Kier molecular flexibility index (Phi) is 4.95. The van der Waals surface area contributed by atoms with Gasteiger partial charge < -0.3 is 15.3 Å². The van der Waals surface area contributed by atoms with Gasteiger partial charge in [0.25, 0.3) is 5.91 Å². The van der Waals surface area contributed by atoms with Crippen molar-refractivity contribution in [1.82, 2.24) is 10.2 Å². The molecule has 1 aliphatic heterocycles. The average Bonchev–Trinajstić information content (AvgIpc) is 2.45. The first-order valence-corrected chi connectivity index (χ1v) is 7.13. The van der Waals surface area contributed by atoms with E-state index in [2.05, 4.69) is 5.32 Å². The summed E-state index contributed by atoms with van der Waals surface area (Å²) in [6.07, 6.45) is 2.80. The molecule has 5 heteroatoms. The van der Waals surface area contributed by atoms with Crippen molar-refractivity contribution >= 4 is 5.91 Å². The van der Waals surface area contributed by atoms with Crippen LogP contribution in [0.15, 0.2) is 18.2 Å². The second-order valence-electron chi connectivity index (χ2n) is 5.16. The van der Waals surface area contributed by atoms with E-state index in [4.69, 9.17) is 0 Å². The molecule has 1 heterocycles. The molecule has 2 rings (SSSR count). The number of amides is 1. The minimum absolute atomic E-state index is 0.0295. The second-order valence-corrected chi connectivity index (χ2v) is 5.16. The summed E-state index contributed by atoms with van der Waals surface area (Å²) < 4.78 is 13.8. The quantitative estimate of drug-likeness (QED) is 0.888. The zero-order valence-electron chi connectivity index (χ0n) is 11.7. The van der Waals surface area contributed by atoms with Crippen LogP contribution in [-0.4, -0.2) is 41.6 Å². The van der Waals surface area contributed by atoms with E-state index in [0.717, 1.165) is 38.4 Å². The summed E-state index contributed by atoms with van der Waals surface area (Å²) in [5.74, 6) is -1.13. The number of piperidine rings is 1.